The van der Waals surface area contributed by atoms with E-state index in [2.05, 4.69) is 47.0 Å². The number of halogens is 2. The summed E-state index contributed by atoms with van der Waals surface area (Å²) in [6.07, 6.45) is 5.47. The Labute approximate surface area is 122 Å². The average Bonchev–Trinajstić information content (AvgIpc) is 2.25. The van der Waals surface area contributed by atoms with E-state index in [0.29, 0.717) is 6.04 Å². The van der Waals surface area contributed by atoms with Crippen LogP contribution in [-0.4, -0.2) is 6.54 Å². The highest BCUT2D eigenvalue weighted by atomic mass is 127. The van der Waals surface area contributed by atoms with Gasteiger partial charge in [0.05, 0.1) is 0 Å². The quantitative estimate of drug-likeness (QED) is 0.742. The fraction of sp³-hybridized carbons (Fsp3) is 0.571. The monoisotopic (exact) mass is 363 g/mol. The Morgan fingerprint density at radius 2 is 2.24 bits per heavy atom. The van der Waals surface area contributed by atoms with Crippen molar-refractivity contribution in [2.75, 3.05) is 6.54 Å². The van der Waals surface area contributed by atoms with Crippen molar-refractivity contribution in [3.05, 3.63) is 32.4 Å². The van der Waals surface area contributed by atoms with E-state index in [4.69, 9.17) is 11.6 Å². The number of hydrogen-bond acceptors (Lipinski definition) is 1. The Morgan fingerprint density at radius 1 is 1.47 bits per heavy atom. The van der Waals surface area contributed by atoms with Gasteiger partial charge in [0.15, 0.2) is 0 Å². The normalized spacial score (nSPS) is 17.8. The van der Waals surface area contributed by atoms with Crippen molar-refractivity contribution >= 4 is 34.2 Å². The maximum atomic E-state index is 6.11. The van der Waals surface area contributed by atoms with Crippen LogP contribution in [-0.2, 0) is 0 Å². The lowest BCUT2D eigenvalue weighted by Crippen LogP contribution is -2.26. The fourth-order valence-corrected chi connectivity index (χ4v) is 3.30. The molecule has 0 aliphatic heterocycles. The topological polar surface area (TPSA) is 12.0 Å². The van der Waals surface area contributed by atoms with Crippen LogP contribution in [0.3, 0.4) is 0 Å². The smallest absolute Gasteiger partial charge is 0.0410 e. The molecule has 1 N–H and O–H groups in total. The van der Waals surface area contributed by atoms with Gasteiger partial charge in [-0.25, -0.2) is 0 Å². The molecule has 0 saturated heterocycles. The van der Waals surface area contributed by atoms with Gasteiger partial charge >= 0.3 is 0 Å². The van der Waals surface area contributed by atoms with Crippen molar-refractivity contribution in [1.29, 1.82) is 0 Å². The van der Waals surface area contributed by atoms with Crippen LogP contribution in [0.5, 0.6) is 0 Å². The number of rotatable bonds is 5. The average molecular weight is 364 g/mol. The fourth-order valence-electron chi connectivity index (χ4n) is 2.41. The molecule has 0 bridgehead atoms. The predicted molar refractivity (Wildman–Crippen MR) is 82.5 cm³/mol. The van der Waals surface area contributed by atoms with Gasteiger partial charge < -0.3 is 5.32 Å². The van der Waals surface area contributed by atoms with Crippen molar-refractivity contribution in [2.24, 2.45) is 5.92 Å². The van der Waals surface area contributed by atoms with Gasteiger partial charge in [-0.3, -0.25) is 0 Å². The highest BCUT2D eigenvalue weighted by Crippen LogP contribution is 2.36. The van der Waals surface area contributed by atoms with Gasteiger partial charge in [0.2, 0.25) is 0 Å². The van der Waals surface area contributed by atoms with E-state index in [1.165, 1.54) is 34.8 Å². The predicted octanol–water partition coefficient (Wildman–Crippen LogP) is 4.79. The van der Waals surface area contributed by atoms with Crippen molar-refractivity contribution in [3.63, 3.8) is 0 Å². The molecule has 0 aromatic heterocycles. The molecular formula is C14H19ClIN. The number of hydrogen-bond donors (Lipinski definition) is 1. The van der Waals surface area contributed by atoms with Crippen LogP contribution in [0.1, 0.15) is 44.2 Å². The van der Waals surface area contributed by atoms with Crippen LogP contribution in [0.4, 0.5) is 0 Å². The zero-order valence-corrected chi connectivity index (χ0v) is 13.1. The Kier molecular flexibility index (Phi) is 5.12. The first-order valence-electron chi connectivity index (χ1n) is 6.39. The summed E-state index contributed by atoms with van der Waals surface area (Å²) in [4.78, 5) is 0. The third kappa shape index (κ3) is 3.58. The molecule has 1 nitrogen and oxygen atoms in total. The second-order valence-corrected chi connectivity index (χ2v) is 6.41. The summed E-state index contributed by atoms with van der Waals surface area (Å²) in [7, 11) is 0. The molecule has 0 heterocycles. The maximum absolute atomic E-state index is 6.11. The molecule has 1 atom stereocenters. The Balaban J connectivity index is 2.14. The van der Waals surface area contributed by atoms with E-state index in [9.17, 15) is 0 Å². The number of nitrogens with one attached hydrogen (secondary N) is 1. The van der Waals surface area contributed by atoms with Crippen molar-refractivity contribution in [1.82, 2.24) is 5.32 Å². The van der Waals surface area contributed by atoms with Crippen molar-refractivity contribution in [3.8, 4) is 0 Å². The van der Waals surface area contributed by atoms with Gasteiger partial charge in [-0.2, -0.15) is 0 Å². The Bertz CT molecular complexity index is 376. The first-order valence-corrected chi connectivity index (χ1v) is 7.84. The third-order valence-electron chi connectivity index (χ3n) is 3.58. The van der Waals surface area contributed by atoms with Crippen molar-refractivity contribution in [2.45, 2.75) is 38.6 Å². The lowest BCUT2D eigenvalue weighted by Gasteiger charge is -2.30. The summed E-state index contributed by atoms with van der Waals surface area (Å²) in [5.74, 6) is 0.911. The van der Waals surface area contributed by atoms with E-state index >= 15 is 0 Å². The zero-order valence-electron chi connectivity index (χ0n) is 10.2. The largest absolute Gasteiger partial charge is 0.310 e. The van der Waals surface area contributed by atoms with Gasteiger partial charge in [-0.15, -0.1) is 0 Å². The highest BCUT2D eigenvalue weighted by Gasteiger charge is 2.23. The molecule has 1 aliphatic rings. The second kappa shape index (κ2) is 6.39. The molecular weight excluding hydrogens is 345 g/mol. The van der Waals surface area contributed by atoms with E-state index < -0.39 is 0 Å². The van der Waals surface area contributed by atoms with Crippen LogP contribution in [0.25, 0.3) is 0 Å². The minimum atomic E-state index is 0.468. The summed E-state index contributed by atoms with van der Waals surface area (Å²) in [6, 6.07) is 6.67. The van der Waals surface area contributed by atoms with Crippen LogP contribution in [0.2, 0.25) is 5.02 Å². The van der Waals surface area contributed by atoms with Crippen LogP contribution >= 0.6 is 34.2 Å². The Morgan fingerprint density at radius 3 is 2.82 bits per heavy atom. The first-order chi connectivity index (χ1) is 8.20. The summed E-state index contributed by atoms with van der Waals surface area (Å²) >= 11 is 8.52. The molecule has 94 valence electrons. The van der Waals surface area contributed by atoms with E-state index in [1.807, 2.05) is 6.07 Å². The van der Waals surface area contributed by atoms with E-state index in [1.54, 1.807) is 0 Å². The molecule has 0 amide bonds. The Hall–Kier alpha value is 0.200. The van der Waals surface area contributed by atoms with E-state index in [-0.39, 0.29) is 0 Å². The molecule has 3 heteroatoms. The lowest BCUT2D eigenvalue weighted by atomic mass is 9.79. The summed E-state index contributed by atoms with van der Waals surface area (Å²) in [6.45, 7) is 3.19. The molecule has 1 fully saturated rings. The van der Waals surface area contributed by atoms with Gasteiger partial charge in [0.25, 0.3) is 0 Å². The molecule has 1 saturated carbocycles. The van der Waals surface area contributed by atoms with E-state index in [0.717, 1.165) is 17.5 Å². The van der Waals surface area contributed by atoms with Crippen LogP contribution in [0, 0.1) is 9.49 Å². The van der Waals surface area contributed by atoms with Gasteiger partial charge in [0.1, 0.15) is 0 Å². The molecule has 0 spiro atoms. The molecule has 2 rings (SSSR count). The molecule has 0 radical (unpaired) electrons. The van der Waals surface area contributed by atoms with Crippen molar-refractivity contribution < 1.29 is 0 Å². The summed E-state index contributed by atoms with van der Waals surface area (Å²) in [5.41, 5.74) is 1.37. The van der Waals surface area contributed by atoms with Crippen LogP contribution < -0.4 is 5.32 Å². The standard InChI is InChI=1S/C14H19ClIN/c1-2-17-14(8-10-4-3-5-10)12-9-11(15)6-7-13(12)16/h6-7,9-10,14,17H,2-5,8H2,1H3. The van der Waals surface area contributed by atoms with Crippen LogP contribution in [0.15, 0.2) is 18.2 Å². The number of benzene rings is 1. The van der Waals surface area contributed by atoms with Gasteiger partial charge in [-0.1, -0.05) is 37.8 Å². The molecule has 17 heavy (non-hydrogen) atoms. The summed E-state index contributed by atoms with van der Waals surface area (Å²) in [5, 5.41) is 4.45. The molecule has 1 aromatic rings. The zero-order chi connectivity index (χ0) is 12.3. The molecule has 1 unspecified atom stereocenters. The highest BCUT2D eigenvalue weighted by molar-refractivity contribution is 14.1. The molecule has 1 aliphatic carbocycles. The van der Waals surface area contributed by atoms with Gasteiger partial charge in [-0.05, 0) is 65.2 Å². The minimum absolute atomic E-state index is 0.468. The minimum Gasteiger partial charge on any atom is -0.310 e. The lowest BCUT2D eigenvalue weighted by molar-refractivity contribution is 0.262. The molecule has 1 aromatic carbocycles. The summed E-state index contributed by atoms with van der Waals surface area (Å²) < 4.78 is 1.32. The maximum Gasteiger partial charge on any atom is 0.0410 e. The third-order valence-corrected chi connectivity index (χ3v) is 4.80. The van der Waals surface area contributed by atoms with Gasteiger partial charge in [0, 0.05) is 14.6 Å². The SMILES string of the molecule is CCNC(CC1CCC1)c1cc(Cl)ccc1I. The second-order valence-electron chi connectivity index (χ2n) is 4.81. The first kappa shape index (κ1) is 13.6.